The zero-order valence-electron chi connectivity index (χ0n) is 28.7. The monoisotopic (exact) mass is 684 g/mol. The molecule has 3 heterocycles. The van der Waals surface area contributed by atoms with E-state index >= 15 is 0 Å². The number of benzene rings is 7. The molecule has 2 aromatic heterocycles. The second kappa shape index (κ2) is 12.9. The molecule has 7 aromatic carbocycles. The Morgan fingerprint density at radius 3 is 2.00 bits per heavy atom. The van der Waals surface area contributed by atoms with Crippen LogP contribution in [-0.4, -0.2) is 10.3 Å². The Labute approximate surface area is 307 Å². The summed E-state index contributed by atoms with van der Waals surface area (Å²) in [6, 6.07) is 61.8. The van der Waals surface area contributed by atoms with E-state index in [0.29, 0.717) is 0 Å². The molecule has 0 bridgehead atoms. The van der Waals surface area contributed by atoms with Gasteiger partial charge in [-0.3, -0.25) is 4.99 Å². The predicted molar refractivity (Wildman–Crippen MR) is 223 cm³/mol. The fraction of sp³-hybridized carbons (Fsp3) is 0.0816. The number of fused-ring (bicyclic) bond motifs is 6. The van der Waals surface area contributed by atoms with E-state index in [-0.39, 0.29) is 5.92 Å². The maximum atomic E-state index is 5.38. The SMILES string of the molecule is C1=C(c2ccccc2)N=C(c2ccccc2)CCCC1c1cccc2sc3ccc(-c4ccc5c(c4)c4ccccc4n5-c4ccccc4)cc3c12. The van der Waals surface area contributed by atoms with Gasteiger partial charge in [-0.2, -0.15) is 0 Å². The van der Waals surface area contributed by atoms with Crippen LogP contribution in [0.5, 0.6) is 0 Å². The molecule has 0 aliphatic carbocycles. The number of rotatable bonds is 5. The summed E-state index contributed by atoms with van der Waals surface area (Å²) in [6.45, 7) is 0. The van der Waals surface area contributed by atoms with Crippen LogP contribution in [0.25, 0.3) is 64.5 Å². The maximum Gasteiger partial charge on any atom is 0.0671 e. The minimum absolute atomic E-state index is 0.252. The zero-order chi connectivity index (χ0) is 34.4. The van der Waals surface area contributed by atoms with Gasteiger partial charge in [0.25, 0.3) is 0 Å². The number of nitrogens with zero attached hydrogens (tertiary/aromatic N) is 2. The third-order valence-corrected chi connectivity index (χ3v) is 11.8. The molecule has 0 spiro atoms. The molecule has 52 heavy (non-hydrogen) atoms. The van der Waals surface area contributed by atoms with Crippen molar-refractivity contribution in [3.8, 4) is 16.8 Å². The van der Waals surface area contributed by atoms with Crippen LogP contribution in [0.2, 0.25) is 0 Å². The standard InChI is InChI=1S/C49H36N2S/c1-4-14-33(15-5-1)43-23-12-18-37(32-44(50-43)34-16-6-2-7-17-34)39-22-13-25-48-49(39)42-31-36(27-29-47(42)52-48)35-26-28-46-41(30-35)40-21-10-11-24-45(40)51(46)38-19-8-3-9-20-38/h1-11,13-17,19-22,24-32,37H,12,18,23H2. The second-order valence-electron chi connectivity index (χ2n) is 13.8. The third kappa shape index (κ3) is 5.37. The fourth-order valence-electron chi connectivity index (χ4n) is 8.21. The lowest BCUT2D eigenvalue weighted by Crippen LogP contribution is -2.07. The van der Waals surface area contributed by atoms with E-state index in [2.05, 4.69) is 181 Å². The van der Waals surface area contributed by atoms with E-state index in [1.165, 1.54) is 75.6 Å². The third-order valence-electron chi connectivity index (χ3n) is 10.7. The Balaban J connectivity index is 1.11. The predicted octanol–water partition coefficient (Wildman–Crippen LogP) is 13.6. The summed E-state index contributed by atoms with van der Waals surface area (Å²) in [5.74, 6) is 0.252. The minimum Gasteiger partial charge on any atom is -0.309 e. The fourth-order valence-corrected chi connectivity index (χ4v) is 9.33. The Kier molecular flexibility index (Phi) is 7.66. The van der Waals surface area contributed by atoms with E-state index in [9.17, 15) is 0 Å². The number of allylic oxidation sites excluding steroid dienone is 1. The van der Waals surface area contributed by atoms with Crippen molar-refractivity contribution < 1.29 is 0 Å². The Hall–Kier alpha value is -6.03. The van der Waals surface area contributed by atoms with Crippen LogP contribution in [0, 0.1) is 0 Å². The molecule has 1 aliphatic rings. The molecule has 10 rings (SSSR count). The first-order valence-corrected chi connectivity index (χ1v) is 19.0. The first-order chi connectivity index (χ1) is 25.8. The Morgan fingerprint density at radius 1 is 0.519 bits per heavy atom. The largest absolute Gasteiger partial charge is 0.309 e. The van der Waals surface area contributed by atoms with E-state index in [1.54, 1.807) is 0 Å². The first-order valence-electron chi connectivity index (χ1n) is 18.2. The summed E-state index contributed by atoms with van der Waals surface area (Å²) in [5.41, 5.74) is 12.1. The van der Waals surface area contributed by atoms with Crippen LogP contribution in [0.15, 0.2) is 181 Å². The van der Waals surface area contributed by atoms with Crippen LogP contribution in [0.4, 0.5) is 0 Å². The van der Waals surface area contributed by atoms with Gasteiger partial charge in [0.2, 0.25) is 0 Å². The van der Waals surface area contributed by atoms with Crippen molar-refractivity contribution in [1.82, 2.24) is 4.57 Å². The van der Waals surface area contributed by atoms with Crippen LogP contribution in [0.3, 0.4) is 0 Å². The highest BCUT2D eigenvalue weighted by Gasteiger charge is 2.21. The van der Waals surface area contributed by atoms with Gasteiger partial charge in [-0.15, -0.1) is 11.3 Å². The number of thiophene rings is 1. The molecule has 0 N–H and O–H groups in total. The van der Waals surface area contributed by atoms with Gasteiger partial charge >= 0.3 is 0 Å². The molecule has 0 radical (unpaired) electrons. The van der Waals surface area contributed by atoms with Crippen LogP contribution < -0.4 is 0 Å². The van der Waals surface area contributed by atoms with Crippen molar-refractivity contribution in [3.05, 3.63) is 193 Å². The number of hydrogen-bond donors (Lipinski definition) is 0. The van der Waals surface area contributed by atoms with Crippen LogP contribution in [-0.2, 0) is 0 Å². The molecule has 1 atom stereocenters. The summed E-state index contributed by atoms with van der Waals surface area (Å²) in [4.78, 5) is 5.38. The molecular weight excluding hydrogens is 649 g/mol. The van der Waals surface area contributed by atoms with Crippen LogP contribution in [0.1, 0.15) is 41.9 Å². The van der Waals surface area contributed by atoms with Gasteiger partial charge in [0, 0.05) is 48.3 Å². The summed E-state index contributed by atoms with van der Waals surface area (Å²) in [6.07, 6.45) is 5.55. The first kappa shape index (κ1) is 30.8. The summed E-state index contributed by atoms with van der Waals surface area (Å²) < 4.78 is 5.06. The molecule has 1 aliphatic heterocycles. The number of para-hydroxylation sites is 2. The minimum atomic E-state index is 0.252. The Bertz CT molecular complexity index is 2800. The number of aromatic nitrogens is 1. The maximum absolute atomic E-state index is 5.38. The number of hydrogen-bond acceptors (Lipinski definition) is 2. The lowest BCUT2D eigenvalue weighted by atomic mass is 9.86. The molecule has 0 saturated carbocycles. The van der Waals surface area contributed by atoms with Crippen molar-refractivity contribution in [2.75, 3.05) is 0 Å². The summed E-state index contributed by atoms with van der Waals surface area (Å²) in [5, 5.41) is 5.27. The molecular formula is C49H36N2S. The normalized spacial score (nSPS) is 15.1. The molecule has 2 nitrogen and oxygen atoms in total. The second-order valence-corrected chi connectivity index (χ2v) is 14.9. The van der Waals surface area contributed by atoms with Crippen molar-refractivity contribution in [2.24, 2.45) is 4.99 Å². The van der Waals surface area contributed by atoms with Gasteiger partial charge in [0.1, 0.15) is 0 Å². The highest BCUT2D eigenvalue weighted by Crippen LogP contribution is 2.43. The smallest absolute Gasteiger partial charge is 0.0671 e. The van der Waals surface area contributed by atoms with Crippen molar-refractivity contribution in [2.45, 2.75) is 25.2 Å². The van der Waals surface area contributed by atoms with E-state index in [1.807, 2.05) is 11.3 Å². The van der Waals surface area contributed by atoms with Gasteiger partial charge in [0.05, 0.1) is 16.7 Å². The number of aliphatic imine (C=N–C) groups is 1. The summed E-state index contributed by atoms with van der Waals surface area (Å²) >= 11 is 1.90. The van der Waals surface area contributed by atoms with Gasteiger partial charge < -0.3 is 4.57 Å². The highest BCUT2D eigenvalue weighted by molar-refractivity contribution is 7.25. The van der Waals surface area contributed by atoms with Crippen molar-refractivity contribution in [1.29, 1.82) is 0 Å². The highest BCUT2D eigenvalue weighted by atomic mass is 32.1. The molecule has 9 aromatic rings. The molecule has 0 saturated heterocycles. The average molecular weight is 685 g/mol. The van der Waals surface area contributed by atoms with Crippen molar-refractivity contribution in [3.63, 3.8) is 0 Å². The van der Waals surface area contributed by atoms with Crippen molar-refractivity contribution >= 4 is 64.7 Å². The Morgan fingerprint density at radius 2 is 1.19 bits per heavy atom. The van der Waals surface area contributed by atoms with E-state index in [4.69, 9.17) is 4.99 Å². The van der Waals surface area contributed by atoms with Crippen LogP contribution >= 0.6 is 11.3 Å². The zero-order valence-corrected chi connectivity index (χ0v) is 29.6. The van der Waals surface area contributed by atoms with E-state index < -0.39 is 0 Å². The summed E-state index contributed by atoms with van der Waals surface area (Å²) in [7, 11) is 0. The lowest BCUT2D eigenvalue weighted by Gasteiger charge is -2.20. The molecule has 0 amide bonds. The quantitative estimate of drug-likeness (QED) is 0.172. The van der Waals surface area contributed by atoms with Gasteiger partial charge in [-0.05, 0) is 95.6 Å². The lowest BCUT2D eigenvalue weighted by molar-refractivity contribution is 0.695. The van der Waals surface area contributed by atoms with E-state index in [0.717, 1.165) is 30.5 Å². The molecule has 0 fully saturated rings. The molecule has 248 valence electrons. The topological polar surface area (TPSA) is 17.3 Å². The molecule has 3 heteroatoms. The average Bonchev–Trinajstić information content (AvgIpc) is 3.74. The van der Waals surface area contributed by atoms with Gasteiger partial charge in [0.15, 0.2) is 0 Å². The van der Waals surface area contributed by atoms with Gasteiger partial charge in [-0.1, -0.05) is 127 Å². The molecule has 1 unspecified atom stereocenters. The van der Waals surface area contributed by atoms with Gasteiger partial charge in [-0.25, -0.2) is 0 Å².